The molecule has 1 heterocycles. The van der Waals surface area contributed by atoms with Crippen LogP contribution in [0, 0.1) is 10.1 Å². The first kappa shape index (κ1) is 15.9. The van der Waals surface area contributed by atoms with E-state index in [1.165, 1.54) is 18.3 Å². The van der Waals surface area contributed by atoms with Gasteiger partial charge in [0.05, 0.1) is 16.7 Å². The molecule has 0 atom stereocenters. The molecule has 0 saturated carbocycles. The van der Waals surface area contributed by atoms with Gasteiger partial charge in [0.15, 0.2) is 5.76 Å². The number of para-hydroxylation sites is 1. The zero-order valence-corrected chi connectivity index (χ0v) is 13.7. The van der Waals surface area contributed by atoms with Gasteiger partial charge in [-0.05, 0) is 30.3 Å². The number of nitro groups is 1. The fourth-order valence-corrected chi connectivity index (χ4v) is 2.48. The molecule has 0 aliphatic rings. The fourth-order valence-electron chi connectivity index (χ4n) is 2.10. The predicted octanol–water partition coefficient (Wildman–Crippen LogP) is 3.87. The molecule has 0 bridgehead atoms. The van der Waals surface area contributed by atoms with Crippen LogP contribution in [0.5, 0.6) is 0 Å². The van der Waals surface area contributed by atoms with Gasteiger partial charge in [-0.2, -0.15) is 5.10 Å². The number of carbonyl (C=O) groups excluding carboxylic acids is 1. The van der Waals surface area contributed by atoms with Crippen molar-refractivity contribution in [2.75, 3.05) is 0 Å². The molecule has 1 N–H and O–H groups in total. The minimum Gasteiger partial charge on any atom is -0.451 e. The number of halogens is 1. The number of fused-ring (bicyclic) bond motifs is 1. The van der Waals surface area contributed by atoms with Gasteiger partial charge in [-0.3, -0.25) is 14.9 Å². The molecular formula is C16H10BrN3O4. The smallest absolute Gasteiger partial charge is 0.307 e. The summed E-state index contributed by atoms with van der Waals surface area (Å²) in [7, 11) is 0. The van der Waals surface area contributed by atoms with Gasteiger partial charge in [0.2, 0.25) is 0 Å². The summed E-state index contributed by atoms with van der Waals surface area (Å²) in [5, 5.41) is 15.4. The third-order valence-corrected chi connectivity index (χ3v) is 3.70. The Bertz CT molecular complexity index is 965. The lowest BCUT2D eigenvalue weighted by molar-refractivity contribution is -0.385. The second-order valence-electron chi connectivity index (χ2n) is 4.81. The maximum atomic E-state index is 12.0. The topological polar surface area (TPSA) is 97.7 Å². The number of amides is 1. The summed E-state index contributed by atoms with van der Waals surface area (Å²) in [6.45, 7) is 0. The standard InChI is InChI=1S/C16H10BrN3O4/c17-12-5-6-14-11(7-12)8-15(24-14)16(21)19-18-9-10-3-1-2-4-13(10)20(22)23/h1-9H,(H,19,21)/b18-9+. The number of nitrogens with zero attached hydrogens (tertiary/aromatic N) is 2. The molecule has 8 heteroatoms. The highest BCUT2D eigenvalue weighted by Gasteiger charge is 2.13. The maximum absolute atomic E-state index is 12.0. The van der Waals surface area contributed by atoms with Crippen LogP contribution in [-0.2, 0) is 0 Å². The van der Waals surface area contributed by atoms with E-state index in [0.717, 1.165) is 9.86 Å². The minimum atomic E-state index is -0.544. The number of nitro benzene ring substituents is 1. The summed E-state index contributed by atoms with van der Waals surface area (Å²) in [6, 6.07) is 13.1. The molecule has 0 spiro atoms. The molecule has 0 saturated heterocycles. The van der Waals surface area contributed by atoms with Gasteiger partial charge in [-0.25, -0.2) is 5.43 Å². The van der Waals surface area contributed by atoms with Crippen molar-refractivity contribution in [2.24, 2.45) is 5.10 Å². The van der Waals surface area contributed by atoms with Crippen molar-refractivity contribution in [3.05, 3.63) is 74.4 Å². The summed E-state index contributed by atoms with van der Waals surface area (Å²) < 4.78 is 6.31. The van der Waals surface area contributed by atoms with Gasteiger partial charge in [0.25, 0.3) is 5.69 Å². The van der Waals surface area contributed by atoms with E-state index in [9.17, 15) is 14.9 Å². The van der Waals surface area contributed by atoms with Crippen LogP contribution in [0.1, 0.15) is 16.1 Å². The second-order valence-corrected chi connectivity index (χ2v) is 5.72. The Hall–Kier alpha value is -3.00. The Morgan fingerprint density at radius 3 is 2.83 bits per heavy atom. The molecule has 120 valence electrons. The monoisotopic (exact) mass is 387 g/mol. The number of furan rings is 1. The highest BCUT2D eigenvalue weighted by Crippen LogP contribution is 2.23. The largest absolute Gasteiger partial charge is 0.451 e. The molecule has 0 radical (unpaired) electrons. The van der Waals surface area contributed by atoms with E-state index < -0.39 is 10.8 Å². The van der Waals surface area contributed by atoms with E-state index >= 15 is 0 Å². The lowest BCUT2D eigenvalue weighted by Gasteiger charge is -1.97. The average molecular weight is 388 g/mol. The number of hydrazone groups is 1. The summed E-state index contributed by atoms with van der Waals surface area (Å²) in [5.41, 5.74) is 3.06. The van der Waals surface area contributed by atoms with E-state index in [1.807, 2.05) is 6.07 Å². The normalized spacial score (nSPS) is 11.0. The van der Waals surface area contributed by atoms with Gasteiger partial charge in [-0.15, -0.1) is 0 Å². The Balaban J connectivity index is 1.76. The van der Waals surface area contributed by atoms with Gasteiger partial charge in [-0.1, -0.05) is 28.1 Å². The van der Waals surface area contributed by atoms with Crippen LogP contribution in [0.25, 0.3) is 11.0 Å². The number of hydrogen-bond acceptors (Lipinski definition) is 5. The zero-order valence-electron chi connectivity index (χ0n) is 12.1. The van der Waals surface area contributed by atoms with E-state index in [-0.39, 0.29) is 17.0 Å². The van der Waals surface area contributed by atoms with Gasteiger partial charge in [0, 0.05) is 15.9 Å². The summed E-state index contributed by atoms with van der Waals surface area (Å²) in [4.78, 5) is 22.4. The summed E-state index contributed by atoms with van der Waals surface area (Å²) in [6.07, 6.45) is 1.22. The van der Waals surface area contributed by atoms with Gasteiger partial charge < -0.3 is 4.42 Å². The number of carbonyl (C=O) groups is 1. The molecular weight excluding hydrogens is 378 g/mol. The van der Waals surface area contributed by atoms with Gasteiger partial charge >= 0.3 is 5.91 Å². The maximum Gasteiger partial charge on any atom is 0.307 e. The van der Waals surface area contributed by atoms with Crippen molar-refractivity contribution < 1.29 is 14.1 Å². The number of hydrogen-bond donors (Lipinski definition) is 1. The number of nitrogens with one attached hydrogen (secondary N) is 1. The molecule has 7 nitrogen and oxygen atoms in total. The number of benzene rings is 2. The zero-order chi connectivity index (χ0) is 17.1. The van der Waals surface area contributed by atoms with Crippen LogP contribution in [-0.4, -0.2) is 17.0 Å². The molecule has 3 rings (SSSR count). The van der Waals surface area contributed by atoms with E-state index in [0.29, 0.717) is 5.58 Å². The molecule has 3 aromatic rings. The Morgan fingerprint density at radius 1 is 1.25 bits per heavy atom. The molecule has 0 fully saturated rings. The van der Waals surface area contributed by atoms with Crippen molar-refractivity contribution in [1.29, 1.82) is 0 Å². The van der Waals surface area contributed by atoms with E-state index in [1.54, 1.807) is 30.3 Å². The molecule has 1 amide bonds. The lowest BCUT2D eigenvalue weighted by Crippen LogP contribution is -2.16. The summed E-state index contributed by atoms with van der Waals surface area (Å²) in [5.74, 6) is -0.444. The molecule has 0 aliphatic heterocycles. The lowest BCUT2D eigenvalue weighted by atomic mass is 10.2. The third kappa shape index (κ3) is 3.33. The summed E-state index contributed by atoms with van der Waals surface area (Å²) >= 11 is 3.34. The fraction of sp³-hybridized carbons (Fsp3) is 0. The average Bonchev–Trinajstić information content (AvgIpc) is 2.98. The van der Waals surface area contributed by atoms with Crippen LogP contribution < -0.4 is 5.43 Å². The first-order valence-electron chi connectivity index (χ1n) is 6.80. The number of rotatable bonds is 4. The van der Waals surface area contributed by atoms with Crippen molar-refractivity contribution in [2.45, 2.75) is 0 Å². The van der Waals surface area contributed by atoms with Crippen molar-refractivity contribution >= 4 is 44.7 Å². The highest BCUT2D eigenvalue weighted by atomic mass is 79.9. The first-order chi connectivity index (χ1) is 11.5. The molecule has 24 heavy (non-hydrogen) atoms. The van der Waals surface area contributed by atoms with Crippen LogP contribution in [0.15, 0.2) is 62.5 Å². The second kappa shape index (κ2) is 6.63. The van der Waals surface area contributed by atoms with Crippen LogP contribution in [0.2, 0.25) is 0 Å². The SMILES string of the molecule is O=C(N/N=C/c1ccccc1[N+](=O)[O-])c1cc2cc(Br)ccc2o1. The molecule has 2 aromatic carbocycles. The Labute approximate surface area is 144 Å². The first-order valence-corrected chi connectivity index (χ1v) is 7.60. The molecule has 0 aliphatic carbocycles. The van der Waals surface area contributed by atoms with Crippen molar-refractivity contribution in [3.8, 4) is 0 Å². The quantitative estimate of drug-likeness (QED) is 0.417. The molecule has 0 unspecified atom stereocenters. The van der Waals surface area contributed by atoms with Crippen molar-refractivity contribution in [1.82, 2.24) is 5.43 Å². The van der Waals surface area contributed by atoms with Crippen molar-refractivity contribution in [3.63, 3.8) is 0 Å². The molecule has 1 aromatic heterocycles. The Kier molecular flexibility index (Phi) is 4.39. The predicted molar refractivity (Wildman–Crippen MR) is 92.1 cm³/mol. The van der Waals surface area contributed by atoms with Crippen LogP contribution >= 0.6 is 15.9 Å². The Morgan fingerprint density at radius 2 is 2.04 bits per heavy atom. The highest BCUT2D eigenvalue weighted by molar-refractivity contribution is 9.10. The van der Waals surface area contributed by atoms with Crippen LogP contribution in [0.3, 0.4) is 0 Å². The van der Waals surface area contributed by atoms with E-state index in [4.69, 9.17) is 4.42 Å². The minimum absolute atomic E-state index is 0.0934. The third-order valence-electron chi connectivity index (χ3n) is 3.21. The van der Waals surface area contributed by atoms with Crippen LogP contribution in [0.4, 0.5) is 5.69 Å². The van der Waals surface area contributed by atoms with E-state index in [2.05, 4.69) is 26.5 Å². The van der Waals surface area contributed by atoms with Gasteiger partial charge in [0.1, 0.15) is 5.58 Å².